The molecule has 4 atom stereocenters. The predicted octanol–water partition coefficient (Wildman–Crippen LogP) is -4.28. The van der Waals surface area contributed by atoms with Crippen molar-refractivity contribution in [1.29, 1.82) is 0 Å². The molecule has 0 aromatic heterocycles. The summed E-state index contributed by atoms with van der Waals surface area (Å²) in [6.45, 7) is 0. The highest BCUT2D eigenvalue weighted by atomic mass is 16.4. The summed E-state index contributed by atoms with van der Waals surface area (Å²) in [7, 11) is 0. The van der Waals surface area contributed by atoms with E-state index in [1.165, 1.54) is 0 Å². The Morgan fingerprint density at radius 1 is 0.583 bits per heavy atom. The van der Waals surface area contributed by atoms with Crippen molar-refractivity contribution in [1.82, 2.24) is 16.0 Å². The average Bonchev–Trinajstić information content (AvgIpc) is 2.75. The second kappa shape index (κ2) is 15.6. The maximum Gasteiger partial charge on any atom is 0.326 e. The number of hydrogen-bond acceptors (Lipinski definition) is 9. The highest BCUT2D eigenvalue weighted by molar-refractivity contribution is 5.96. The number of nitrogens with one attached hydrogen (secondary N) is 3. The van der Waals surface area contributed by atoms with E-state index >= 15 is 0 Å². The van der Waals surface area contributed by atoms with Crippen molar-refractivity contribution in [2.75, 3.05) is 0 Å². The van der Waals surface area contributed by atoms with Gasteiger partial charge in [0.15, 0.2) is 0 Å². The molecule has 0 aliphatic carbocycles. The van der Waals surface area contributed by atoms with E-state index < -0.39 is 104 Å². The standard InChI is InChI=1S/C19H30N6O11/c20-8(1-5-14(28)29)16(32)23-9(2-4-12(21)26)17(33)25-11(7-13(22)27)18(34)24-10(19(35)36)3-6-15(30)31/h8-11H,1-7,20H2,(H2,21,26)(H2,22,27)(H,23,32)(H,24,34)(H,25,33)(H,28,29)(H,30,31)(H,35,36). The van der Waals surface area contributed by atoms with Gasteiger partial charge in [0.1, 0.15) is 18.1 Å². The highest BCUT2D eigenvalue weighted by Crippen LogP contribution is 2.05. The van der Waals surface area contributed by atoms with Crippen LogP contribution in [0.5, 0.6) is 0 Å². The normalized spacial score (nSPS) is 13.8. The molecule has 0 bridgehead atoms. The molecule has 0 aromatic carbocycles. The van der Waals surface area contributed by atoms with Crippen LogP contribution in [0.15, 0.2) is 0 Å². The zero-order valence-electron chi connectivity index (χ0n) is 19.1. The Kier molecular flexibility index (Phi) is 13.7. The van der Waals surface area contributed by atoms with Gasteiger partial charge in [-0.15, -0.1) is 0 Å². The minimum Gasteiger partial charge on any atom is -0.481 e. The summed E-state index contributed by atoms with van der Waals surface area (Å²) in [4.78, 5) is 92.9. The van der Waals surface area contributed by atoms with Gasteiger partial charge in [-0.1, -0.05) is 0 Å². The molecule has 4 unspecified atom stereocenters. The largest absolute Gasteiger partial charge is 0.481 e. The van der Waals surface area contributed by atoms with E-state index in [1.807, 2.05) is 5.32 Å². The van der Waals surface area contributed by atoms with E-state index in [9.17, 15) is 43.5 Å². The number of amides is 5. The number of carbonyl (C=O) groups excluding carboxylic acids is 5. The van der Waals surface area contributed by atoms with Gasteiger partial charge in [0.2, 0.25) is 29.5 Å². The molecule has 0 spiro atoms. The number of carboxylic acid groups (broad SMARTS) is 3. The Labute approximate surface area is 204 Å². The summed E-state index contributed by atoms with van der Waals surface area (Å²) in [5.74, 6) is -9.25. The van der Waals surface area contributed by atoms with Gasteiger partial charge in [0.05, 0.1) is 12.5 Å². The number of aliphatic carboxylic acids is 3. The quantitative estimate of drug-likeness (QED) is 0.0832. The molecule has 0 aromatic rings. The molecule has 17 heteroatoms. The van der Waals surface area contributed by atoms with Crippen molar-refractivity contribution in [3.8, 4) is 0 Å². The summed E-state index contributed by atoms with van der Waals surface area (Å²) in [6, 6.07) is -6.24. The molecule has 0 heterocycles. The van der Waals surface area contributed by atoms with Crippen molar-refractivity contribution in [2.24, 2.45) is 17.2 Å². The first-order chi connectivity index (χ1) is 16.6. The second-order valence-corrected chi connectivity index (χ2v) is 7.67. The number of hydrogen-bond donors (Lipinski definition) is 9. The van der Waals surface area contributed by atoms with Gasteiger partial charge < -0.3 is 48.5 Å². The van der Waals surface area contributed by atoms with Crippen LogP contribution in [-0.2, 0) is 38.4 Å². The van der Waals surface area contributed by atoms with E-state index in [0.29, 0.717) is 0 Å². The predicted molar refractivity (Wildman–Crippen MR) is 117 cm³/mol. The number of nitrogens with two attached hydrogens (primary N) is 3. The summed E-state index contributed by atoms with van der Waals surface area (Å²) in [5.41, 5.74) is 15.8. The van der Waals surface area contributed by atoms with Crippen LogP contribution in [0.4, 0.5) is 0 Å². The maximum absolute atomic E-state index is 12.8. The lowest BCUT2D eigenvalue weighted by molar-refractivity contribution is -0.143. The van der Waals surface area contributed by atoms with Gasteiger partial charge in [-0.25, -0.2) is 4.79 Å². The van der Waals surface area contributed by atoms with Crippen molar-refractivity contribution in [3.63, 3.8) is 0 Å². The third-order valence-corrected chi connectivity index (χ3v) is 4.62. The fraction of sp³-hybridized carbons (Fsp3) is 0.579. The lowest BCUT2D eigenvalue weighted by Gasteiger charge is -2.24. The summed E-state index contributed by atoms with van der Waals surface area (Å²) in [5, 5.41) is 32.9. The van der Waals surface area contributed by atoms with Crippen LogP contribution in [-0.4, -0.2) is 86.9 Å². The molecular weight excluding hydrogens is 488 g/mol. The van der Waals surface area contributed by atoms with Gasteiger partial charge in [-0.3, -0.25) is 33.6 Å². The van der Waals surface area contributed by atoms with Gasteiger partial charge in [0.25, 0.3) is 0 Å². The number of carbonyl (C=O) groups is 8. The zero-order valence-corrected chi connectivity index (χ0v) is 19.1. The van der Waals surface area contributed by atoms with Gasteiger partial charge in [-0.2, -0.15) is 0 Å². The second-order valence-electron chi connectivity index (χ2n) is 7.67. The number of primary amides is 2. The lowest BCUT2D eigenvalue weighted by Crippen LogP contribution is -2.57. The van der Waals surface area contributed by atoms with Gasteiger partial charge >= 0.3 is 17.9 Å². The summed E-state index contributed by atoms with van der Waals surface area (Å²) in [6.07, 6.45) is -3.37. The van der Waals surface area contributed by atoms with Crippen LogP contribution in [0, 0.1) is 0 Å². The van der Waals surface area contributed by atoms with Crippen LogP contribution in [0.1, 0.15) is 44.9 Å². The number of carboxylic acids is 3. The minimum atomic E-state index is -1.73. The topological polar surface area (TPSA) is 311 Å². The molecule has 0 saturated carbocycles. The van der Waals surface area contributed by atoms with Gasteiger partial charge in [-0.05, 0) is 19.3 Å². The minimum absolute atomic E-state index is 0.273. The first-order valence-corrected chi connectivity index (χ1v) is 10.5. The molecular formula is C19H30N6O11. The molecule has 12 N–H and O–H groups in total. The fourth-order valence-corrected chi connectivity index (χ4v) is 2.72. The van der Waals surface area contributed by atoms with Crippen molar-refractivity contribution in [3.05, 3.63) is 0 Å². The van der Waals surface area contributed by atoms with Crippen molar-refractivity contribution >= 4 is 47.4 Å². The molecule has 202 valence electrons. The zero-order chi connectivity index (χ0) is 28.0. The Bertz CT molecular complexity index is 878. The Morgan fingerprint density at radius 3 is 1.50 bits per heavy atom. The van der Waals surface area contributed by atoms with Gasteiger partial charge in [0, 0.05) is 19.3 Å². The molecule has 17 nitrogen and oxygen atoms in total. The Hall–Kier alpha value is -4.28. The van der Waals surface area contributed by atoms with E-state index in [1.54, 1.807) is 0 Å². The monoisotopic (exact) mass is 518 g/mol. The van der Waals surface area contributed by atoms with E-state index in [4.69, 9.17) is 27.4 Å². The fourth-order valence-electron chi connectivity index (χ4n) is 2.72. The number of rotatable bonds is 18. The smallest absolute Gasteiger partial charge is 0.326 e. The lowest BCUT2D eigenvalue weighted by atomic mass is 10.1. The first-order valence-electron chi connectivity index (χ1n) is 10.5. The first kappa shape index (κ1) is 31.7. The highest BCUT2D eigenvalue weighted by Gasteiger charge is 2.31. The molecule has 0 rings (SSSR count). The van der Waals surface area contributed by atoms with E-state index in [2.05, 4.69) is 10.6 Å². The summed E-state index contributed by atoms with van der Waals surface area (Å²) >= 11 is 0. The molecule has 36 heavy (non-hydrogen) atoms. The van der Waals surface area contributed by atoms with Crippen LogP contribution in [0.2, 0.25) is 0 Å². The molecule has 0 saturated heterocycles. The maximum atomic E-state index is 12.8. The third-order valence-electron chi connectivity index (χ3n) is 4.62. The third kappa shape index (κ3) is 13.4. The Morgan fingerprint density at radius 2 is 1.03 bits per heavy atom. The van der Waals surface area contributed by atoms with Crippen molar-refractivity contribution < 1.29 is 53.7 Å². The van der Waals surface area contributed by atoms with Crippen LogP contribution >= 0.6 is 0 Å². The molecule has 0 aliphatic rings. The van der Waals surface area contributed by atoms with E-state index in [-0.39, 0.29) is 12.8 Å². The van der Waals surface area contributed by atoms with Crippen LogP contribution in [0.3, 0.4) is 0 Å². The molecule has 0 radical (unpaired) electrons. The SMILES string of the molecule is NC(=O)CCC(NC(=O)C(N)CCC(=O)O)C(=O)NC(CC(N)=O)C(=O)NC(CCC(=O)O)C(=O)O. The molecule has 0 aliphatic heterocycles. The Balaban J connectivity index is 5.58. The van der Waals surface area contributed by atoms with E-state index in [0.717, 1.165) is 0 Å². The van der Waals surface area contributed by atoms with Crippen LogP contribution < -0.4 is 33.2 Å². The summed E-state index contributed by atoms with van der Waals surface area (Å²) < 4.78 is 0. The average molecular weight is 518 g/mol. The molecule has 0 fully saturated rings. The molecule has 5 amide bonds. The van der Waals surface area contributed by atoms with Crippen molar-refractivity contribution in [2.45, 2.75) is 69.1 Å². The van der Waals surface area contributed by atoms with Crippen LogP contribution in [0.25, 0.3) is 0 Å².